The number of nitrogens with zero attached hydrogens (tertiary/aromatic N) is 1. The molecule has 0 unspecified atom stereocenters. The second-order valence-corrected chi connectivity index (χ2v) is 6.21. The van der Waals surface area contributed by atoms with Crippen LogP contribution in [0.15, 0.2) is 42.6 Å². The molecule has 128 valence electrons. The first-order valence-electron chi connectivity index (χ1n) is 8.24. The third-order valence-corrected chi connectivity index (χ3v) is 4.54. The van der Waals surface area contributed by atoms with Crippen molar-refractivity contribution < 1.29 is 13.6 Å². The highest BCUT2D eigenvalue weighted by molar-refractivity contribution is 6.31. The number of hydrogen-bond acceptors (Lipinski definition) is 3. The summed E-state index contributed by atoms with van der Waals surface area (Å²) in [4.78, 5) is 14.1. The SMILES string of the molecule is O=C1Nc2ccc(F)cc2C1=CNc1ccc(N2CCCC2)c(F)c1. The third kappa shape index (κ3) is 2.95. The number of nitrogens with one attached hydrogen (secondary N) is 2. The average molecular weight is 341 g/mol. The molecule has 2 aliphatic heterocycles. The first kappa shape index (κ1) is 15.6. The molecular weight excluding hydrogens is 324 g/mol. The Morgan fingerprint density at radius 3 is 2.64 bits per heavy atom. The Labute approximate surface area is 144 Å². The molecule has 1 amide bonds. The highest BCUT2D eigenvalue weighted by Crippen LogP contribution is 2.32. The lowest BCUT2D eigenvalue weighted by Gasteiger charge is -2.18. The molecule has 6 heteroatoms. The Bertz CT molecular complexity index is 873. The van der Waals surface area contributed by atoms with Crippen molar-refractivity contribution in [3.63, 3.8) is 0 Å². The maximum atomic E-state index is 14.3. The van der Waals surface area contributed by atoms with Crippen LogP contribution >= 0.6 is 0 Å². The molecule has 0 spiro atoms. The molecule has 4 nitrogen and oxygen atoms in total. The first-order valence-corrected chi connectivity index (χ1v) is 8.24. The third-order valence-electron chi connectivity index (χ3n) is 4.54. The van der Waals surface area contributed by atoms with Crippen molar-refractivity contribution >= 4 is 28.5 Å². The van der Waals surface area contributed by atoms with E-state index in [4.69, 9.17) is 0 Å². The van der Waals surface area contributed by atoms with Gasteiger partial charge in [-0.25, -0.2) is 8.78 Å². The molecule has 25 heavy (non-hydrogen) atoms. The number of rotatable bonds is 3. The number of benzene rings is 2. The van der Waals surface area contributed by atoms with Crippen LogP contribution in [0, 0.1) is 11.6 Å². The van der Waals surface area contributed by atoms with Gasteiger partial charge in [0, 0.05) is 36.2 Å². The Morgan fingerprint density at radius 1 is 1.08 bits per heavy atom. The number of fused-ring (bicyclic) bond motifs is 1. The molecule has 2 heterocycles. The average Bonchev–Trinajstić information content (AvgIpc) is 3.21. The van der Waals surface area contributed by atoms with E-state index in [-0.39, 0.29) is 11.7 Å². The van der Waals surface area contributed by atoms with Gasteiger partial charge in [0.05, 0.1) is 11.3 Å². The van der Waals surface area contributed by atoms with Crippen LogP contribution in [-0.4, -0.2) is 19.0 Å². The van der Waals surface area contributed by atoms with Crippen LogP contribution in [0.3, 0.4) is 0 Å². The topological polar surface area (TPSA) is 44.4 Å². The predicted octanol–water partition coefficient (Wildman–Crippen LogP) is 3.97. The summed E-state index contributed by atoms with van der Waals surface area (Å²) in [7, 11) is 0. The van der Waals surface area contributed by atoms with Gasteiger partial charge in [0.1, 0.15) is 11.6 Å². The minimum atomic E-state index is -0.415. The van der Waals surface area contributed by atoms with Crippen molar-refractivity contribution in [3.8, 4) is 0 Å². The molecule has 0 atom stereocenters. The number of halogens is 2. The zero-order valence-electron chi connectivity index (χ0n) is 13.5. The van der Waals surface area contributed by atoms with Gasteiger partial charge in [0.15, 0.2) is 0 Å². The van der Waals surface area contributed by atoms with Crippen LogP contribution in [0.1, 0.15) is 18.4 Å². The van der Waals surface area contributed by atoms with Crippen molar-refractivity contribution in [1.29, 1.82) is 0 Å². The Hall–Kier alpha value is -2.89. The van der Waals surface area contributed by atoms with Crippen LogP contribution in [0.25, 0.3) is 5.57 Å². The summed E-state index contributed by atoms with van der Waals surface area (Å²) in [6.45, 7) is 1.74. The van der Waals surface area contributed by atoms with Gasteiger partial charge >= 0.3 is 0 Å². The van der Waals surface area contributed by atoms with Gasteiger partial charge in [-0.15, -0.1) is 0 Å². The molecule has 2 N–H and O–H groups in total. The van der Waals surface area contributed by atoms with Crippen LogP contribution in [0.4, 0.5) is 25.8 Å². The summed E-state index contributed by atoms with van der Waals surface area (Å²) in [5.74, 6) is -1.03. The molecule has 1 fully saturated rings. The van der Waals surface area contributed by atoms with Crippen LogP contribution in [-0.2, 0) is 4.79 Å². The standard InChI is InChI=1S/C19H17F2N3O/c20-12-3-5-17-14(9-12)15(19(25)23-17)11-22-13-4-6-18(16(21)10-13)24-7-1-2-8-24/h3-6,9-11,22H,1-2,7-8H2,(H,23,25). The fraction of sp³-hybridized carbons (Fsp3) is 0.211. The summed E-state index contributed by atoms with van der Waals surface area (Å²) in [6.07, 6.45) is 3.64. The fourth-order valence-electron chi connectivity index (χ4n) is 3.27. The van der Waals surface area contributed by atoms with Gasteiger partial charge in [-0.05, 0) is 49.2 Å². The maximum absolute atomic E-state index is 14.3. The number of anilines is 3. The monoisotopic (exact) mass is 341 g/mol. The van der Waals surface area contributed by atoms with Gasteiger partial charge in [-0.3, -0.25) is 4.79 Å². The van der Waals surface area contributed by atoms with Crippen molar-refractivity contribution in [2.75, 3.05) is 28.6 Å². The second-order valence-electron chi connectivity index (χ2n) is 6.21. The van der Waals surface area contributed by atoms with Crippen molar-refractivity contribution in [3.05, 3.63) is 59.8 Å². The van der Waals surface area contributed by atoms with E-state index in [9.17, 15) is 13.6 Å². The minimum Gasteiger partial charge on any atom is -0.369 e. The molecule has 1 saturated heterocycles. The van der Waals surface area contributed by atoms with E-state index in [2.05, 4.69) is 10.6 Å². The second kappa shape index (κ2) is 6.20. The predicted molar refractivity (Wildman–Crippen MR) is 94.5 cm³/mol. The molecule has 2 aromatic rings. The normalized spacial score (nSPS) is 17.8. The van der Waals surface area contributed by atoms with Gasteiger partial charge in [0.25, 0.3) is 5.91 Å². The minimum absolute atomic E-state index is 0.299. The molecule has 0 aromatic heterocycles. The van der Waals surface area contributed by atoms with Crippen LogP contribution in [0.5, 0.6) is 0 Å². The smallest absolute Gasteiger partial charge is 0.257 e. The maximum Gasteiger partial charge on any atom is 0.257 e. The Morgan fingerprint density at radius 2 is 1.88 bits per heavy atom. The van der Waals surface area contributed by atoms with E-state index in [0.29, 0.717) is 28.2 Å². The molecule has 0 radical (unpaired) electrons. The van der Waals surface area contributed by atoms with Crippen molar-refractivity contribution in [1.82, 2.24) is 0 Å². The van der Waals surface area contributed by atoms with E-state index in [1.165, 1.54) is 30.5 Å². The zero-order valence-corrected chi connectivity index (χ0v) is 13.5. The summed E-state index contributed by atoms with van der Waals surface area (Å²) in [5, 5.41) is 5.61. The van der Waals surface area contributed by atoms with E-state index in [1.807, 2.05) is 4.90 Å². The molecule has 2 aromatic carbocycles. The zero-order chi connectivity index (χ0) is 17.4. The highest BCUT2D eigenvalue weighted by Gasteiger charge is 2.24. The lowest BCUT2D eigenvalue weighted by atomic mass is 10.1. The van der Waals surface area contributed by atoms with E-state index >= 15 is 0 Å². The van der Waals surface area contributed by atoms with E-state index < -0.39 is 5.82 Å². The number of hydrogen-bond donors (Lipinski definition) is 2. The quantitative estimate of drug-likeness (QED) is 0.831. The number of carbonyl (C=O) groups is 1. The molecular formula is C19H17F2N3O. The fourth-order valence-corrected chi connectivity index (χ4v) is 3.27. The summed E-state index contributed by atoms with van der Waals surface area (Å²) in [6, 6.07) is 9.04. The molecule has 0 aliphatic carbocycles. The van der Waals surface area contributed by atoms with Crippen LogP contribution < -0.4 is 15.5 Å². The lowest BCUT2D eigenvalue weighted by Crippen LogP contribution is -2.18. The Balaban J connectivity index is 1.57. The largest absolute Gasteiger partial charge is 0.369 e. The summed E-state index contributed by atoms with van der Waals surface area (Å²) < 4.78 is 27.8. The van der Waals surface area contributed by atoms with E-state index in [1.54, 1.807) is 12.1 Å². The van der Waals surface area contributed by atoms with Gasteiger partial charge in [-0.2, -0.15) is 0 Å². The summed E-state index contributed by atoms with van der Waals surface area (Å²) in [5.41, 5.74) is 2.51. The number of amides is 1. The van der Waals surface area contributed by atoms with Gasteiger partial charge in [-0.1, -0.05) is 0 Å². The molecule has 0 bridgehead atoms. The molecule has 2 aliphatic rings. The highest BCUT2D eigenvalue weighted by atomic mass is 19.1. The van der Waals surface area contributed by atoms with Crippen LogP contribution in [0.2, 0.25) is 0 Å². The lowest BCUT2D eigenvalue weighted by molar-refractivity contribution is -0.110. The van der Waals surface area contributed by atoms with Crippen molar-refractivity contribution in [2.45, 2.75) is 12.8 Å². The van der Waals surface area contributed by atoms with Crippen molar-refractivity contribution in [2.24, 2.45) is 0 Å². The van der Waals surface area contributed by atoms with Gasteiger partial charge < -0.3 is 15.5 Å². The first-order chi connectivity index (χ1) is 12.1. The van der Waals surface area contributed by atoms with Gasteiger partial charge in [0.2, 0.25) is 0 Å². The molecule has 0 saturated carbocycles. The molecule has 4 rings (SSSR count). The summed E-state index contributed by atoms with van der Waals surface area (Å²) >= 11 is 0. The number of carbonyl (C=O) groups excluding carboxylic acids is 1. The Kier molecular flexibility index (Phi) is 3.87. The van der Waals surface area contributed by atoms with E-state index in [0.717, 1.165) is 25.9 Å².